The molecule has 1 heterocycles. The van der Waals surface area contributed by atoms with Crippen LogP contribution in [0.4, 0.5) is 0 Å². The molecular formula is C25H18N2O4. The van der Waals surface area contributed by atoms with Gasteiger partial charge in [-0.1, -0.05) is 48.5 Å². The molecule has 152 valence electrons. The molecule has 4 aliphatic rings. The molecule has 1 aliphatic heterocycles. The van der Waals surface area contributed by atoms with Gasteiger partial charge in [-0.2, -0.15) is 10.1 Å². The second kappa shape index (κ2) is 6.28. The van der Waals surface area contributed by atoms with E-state index in [0.717, 1.165) is 27.3 Å². The van der Waals surface area contributed by atoms with Crippen LogP contribution in [0, 0.1) is 11.8 Å². The third kappa shape index (κ3) is 2.36. The minimum atomic E-state index is -0.493. The number of carbonyl (C=O) groups is 2. The highest BCUT2D eigenvalue weighted by Gasteiger charge is 2.61. The molecule has 0 radical (unpaired) electrons. The van der Waals surface area contributed by atoms with Crippen LogP contribution < -0.4 is 0 Å². The first kappa shape index (κ1) is 17.9. The van der Waals surface area contributed by atoms with Gasteiger partial charge >= 0.3 is 0 Å². The number of nitrogens with zero attached hydrogens (tertiary/aromatic N) is 2. The van der Waals surface area contributed by atoms with Crippen LogP contribution >= 0.6 is 0 Å². The first-order valence-electron chi connectivity index (χ1n) is 10.2. The largest absolute Gasteiger partial charge is 0.508 e. The van der Waals surface area contributed by atoms with Crippen molar-refractivity contribution in [2.45, 2.75) is 11.8 Å². The van der Waals surface area contributed by atoms with Crippen LogP contribution in [0.2, 0.25) is 0 Å². The number of phenolic OH excluding ortho intramolecular Hbond substituents is 2. The molecule has 3 aromatic rings. The topological polar surface area (TPSA) is 90.2 Å². The van der Waals surface area contributed by atoms with Crippen molar-refractivity contribution < 1.29 is 19.8 Å². The summed E-state index contributed by atoms with van der Waals surface area (Å²) in [6.07, 6.45) is 1.28. The van der Waals surface area contributed by atoms with Crippen molar-refractivity contribution in [1.82, 2.24) is 5.01 Å². The van der Waals surface area contributed by atoms with Gasteiger partial charge in [0, 0.05) is 23.5 Å². The maximum atomic E-state index is 13.4. The van der Waals surface area contributed by atoms with Crippen molar-refractivity contribution in [3.05, 3.63) is 94.5 Å². The molecule has 0 aromatic heterocycles. The molecule has 3 aliphatic carbocycles. The Bertz CT molecular complexity index is 1180. The van der Waals surface area contributed by atoms with Crippen LogP contribution in [0.5, 0.6) is 11.5 Å². The zero-order valence-corrected chi connectivity index (χ0v) is 16.3. The summed E-state index contributed by atoms with van der Waals surface area (Å²) < 4.78 is 0. The molecule has 2 bridgehead atoms. The standard InChI is InChI=1S/C25H18N2O4/c28-14-10-9-13(19(29)11-14)12-26-27-24(30)22-20-15-5-1-2-6-16(15)21(23(22)25(27)31)18-8-4-3-7-17(18)20/h1-12,20-23,28-29H. The quantitative estimate of drug-likeness (QED) is 0.501. The minimum Gasteiger partial charge on any atom is -0.508 e. The summed E-state index contributed by atoms with van der Waals surface area (Å²) in [5.74, 6) is -2.24. The third-order valence-electron chi connectivity index (χ3n) is 6.75. The van der Waals surface area contributed by atoms with Gasteiger partial charge in [-0.3, -0.25) is 9.59 Å². The van der Waals surface area contributed by atoms with E-state index in [1.165, 1.54) is 24.4 Å². The summed E-state index contributed by atoms with van der Waals surface area (Å²) in [6.45, 7) is 0. The molecular weight excluding hydrogens is 392 g/mol. The molecule has 2 amide bonds. The van der Waals surface area contributed by atoms with Crippen LogP contribution in [0.3, 0.4) is 0 Å². The lowest BCUT2D eigenvalue weighted by Gasteiger charge is -2.45. The van der Waals surface area contributed by atoms with Gasteiger partial charge in [0.05, 0.1) is 18.1 Å². The van der Waals surface area contributed by atoms with E-state index in [-0.39, 0.29) is 35.1 Å². The molecule has 3 aromatic carbocycles. The predicted molar refractivity (Wildman–Crippen MR) is 113 cm³/mol. The fraction of sp³-hybridized carbons (Fsp3) is 0.160. The molecule has 1 saturated heterocycles. The number of amides is 2. The maximum absolute atomic E-state index is 13.4. The van der Waals surface area contributed by atoms with Crippen molar-refractivity contribution in [3.63, 3.8) is 0 Å². The van der Waals surface area contributed by atoms with Gasteiger partial charge in [0.25, 0.3) is 11.8 Å². The van der Waals surface area contributed by atoms with Crippen LogP contribution in [0.1, 0.15) is 39.7 Å². The summed E-state index contributed by atoms with van der Waals surface area (Å²) in [7, 11) is 0. The summed E-state index contributed by atoms with van der Waals surface area (Å²) >= 11 is 0. The number of hydrogen-bond acceptors (Lipinski definition) is 5. The Balaban J connectivity index is 1.45. The number of imide groups is 1. The summed E-state index contributed by atoms with van der Waals surface area (Å²) in [5, 5.41) is 24.6. The van der Waals surface area contributed by atoms with E-state index in [0.29, 0.717) is 5.56 Å². The minimum absolute atomic E-state index is 0.0823. The maximum Gasteiger partial charge on any atom is 0.254 e. The highest BCUT2D eigenvalue weighted by atomic mass is 16.3. The van der Waals surface area contributed by atoms with Crippen LogP contribution in [-0.4, -0.2) is 33.3 Å². The smallest absolute Gasteiger partial charge is 0.254 e. The second-order valence-electron chi connectivity index (χ2n) is 8.24. The lowest BCUT2D eigenvalue weighted by atomic mass is 9.55. The summed E-state index contributed by atoms with van der Waals surface area (Å²) in [5.41, 5.74) is 4.74. The van der Waals surface area contributed by atoms with Gasteiger partial charge in [-0.05, 0) is 34.4 Å². The van der Waals surface area contributed by atoms with Crippen LogP contribution in [-0.2, 0) is 9.59 Å². The van der Waals surface area contributed by atoms with Gasteiger partial charge in [0.15, 0.2) is 0 Å². The van der Waals surface area contributed by atoms with E-state index in [9.17, 15) is 19.8 Å². The van der Waals surface area contributed by atoms with Crippen molar-refractivity contribution >= 4 is 18.0 Å². The molecule has 0 spiro atoms. The average molecular weight is 410 g/mol. The molecule has 7 rings (SSSR count). The van der Waals surface area contributed by atoms with Crippen molar-refractivity contribution in [3.8, 4) is 11.5 Å². The Morgan fingerprint density at radius 3 is 1.68 bits per heavy atom. The molecule has 6 heteroatoms. The first-order chi connectivity index (χ1) is 15.1. The Hall–Kier alpha value is -3.93. The van der Waals surface area contributed by atoms with Gasteiger partial charge in [-0.25, -0.2) is 0 Å². The summed E-state index contributed by atoms with van der Waals surface area (Å²) in [6, 6.07) is 20.2. The summed E-state index contributed by atoms with van der Waals surface area (Å²) in [4.78, 5) is 26.8. The first-order valence-corrected chi connectivity index (χ1v) is 10.2. The van der Waals surface area contributed by atoms with Gasteiger partial charge in [0.2, 0.25) is 0 Å². The lowest BCUT2D eigenvalue weighted by molar-refractivity contribution is -0.139. The lowest BCUT2D eigenvalue weighted by Crippen LogP contribution is -2.41. The molecule has 6 nitrogen and oxygen atoms in total. The zero-order chi connectivity index (χ0) is 21.3. The number of carbonyl (C=O) groups excluding carboxylic acids is 2. The Morgan fingerprint density at radius 1 is 0.742 bits per heavy atom. The fourth-order valence-corrected chi connectivity index (χ4v) is 5.54. The molecule has 2 unspecified atom stereocenters. The normalized spacial score (nSPS) is 25.6. The Kier molecular flexibility index (Phi) is 3.63. The Morgan fingerprint density at radius 2 is 1.23 bits per heavy atom. The zero-order valence-electron chi connectivity index (χ0n) is 16.3. The van der Waals surface area contributed by atoms with E-state index < -0.39 is 11.8 Å². The van der Waals surface area contributed by atoms with E-state index in [1.807, 2.05) is 24.3 Å². The monoisotopic (exact) mass is 410 g/mol. The highest BCUT2D eigenvalue weighted by Crippen LogP contribution is 2.60. The SMILES string of the molecule is O=C1C2C3c4ccccc4C(c4ccccc43)C2C(=O)N1N=Cc1ccc(O)cc1O. The average Bonchev–Trinajstić information content (AvgIpc) is 3.04. The number of aromatic hydroxyl groups is 2. The van der Waals surface area contributed by atoms with Crippen LogP contribution in [0.25, 0.3) is 0 Å². The number of hydrogen-bond donors (Lipinski definition) is 2. The van der Waals surface area contributed by atoms with Crippen molar-refractivity contribution in [1.29, 1.82) is 0 Å². The van der Waals surface area contributed by atoms with Gasteiger partial charge in [0.1, 0.15) is 11.5 Å². The highest BCUT2D eigenvalue weighted by molar-refractivity contribution is 6.08. The van der Waals surface area contributed by atoms with Crippen LogP contribution in [0.15, 0.2) is 71.8 Å². The number of phenols is 2. The van der Waals surface area contributed by atoms with E-state index in [4.69, 9.17) is 0 Å². The fourth-order valence-electron chi connectivity index (χ4n) is 5.54. The predicted octanol–water partition coefficient (Wildman–Crippen LogP) is 3.32. The van der Waals surface area contributed by atoms with Crippen molar-refractivity contribution in [2.24, 2.45) is 16.9 Å². The van der Waals surface area contributed by atoms with E-state index in [2.05, 4.69) is 29.4 Å². The van der Waals surface area contributed by atoms with Gasteiger partial charge < -0.3 is 10.2 Å². The molecule has 2 N–H and O–H groups in total. The van der Waals surface area contributed by atoms with Gasteiger partial charge in [-0.15, -0.1) is 0 Å². The number of hydrazone groups is 1. The van der Waals surface area contributed by atoms with Crippen molar-refractivity contribution in [2.75, 3.05) is 0 Å². The molecule has 1 fully saturated rings. The third-order valence-corrected chi connectivity index (χ3v) is 6.75. The van der Waals surface area contributed by atoms with E-state index >= 15 is 0 Å². The number of benzene rings is 3. The molecule has 2 atom stereocenters. The van der Waals surface area contributed by atoms with E-state index in [1.54, 1.807) is 0 Å². The molecule has 31 heavy (non-hydrogen) atoms. The molecule has 0 saturated carbocycles. The number of rotatable bonds is 2. The Labute approximate surface area is 178 Å². The second-order valence-corrected chi connectivity index (χ2v) is 8.24.